The van der Waals surface area contributed by atoms with Crippen LogP contribution in [-0.2, 0) is 14.3 Å². The van der Waals surface area contributed by atoms with Crippen LogP contribution in [0.5, 0.6) is 0 Å². The standard InChI is InChI=1S/C27H34ClN3O5/c1-16-10-9-13-19(28)22(16)30-24(33)23(18-11-7-6-8-12-18)31(21-14-17(21)2)25(34)20(15-32)29-26(35)36-27(3,4)5/h6-13,17,20-21,23,32H,14-15H2,1-5H3,(H,29,35)(H,30,33). The number of para-hydroxylation sites is 1. The fourth-order valence-electron chi connectivity index (χ4n) is 4.04. The van der Waals surface area contributed by atoms with Gasteiger partial charge >= 0.3 is 6.09 Å². The number of rotatable bonds is 8. The number of hydrogen-bond donors (Lipinski definition) is 3. The molecule has 8 nitrogen and oxygen atoms in total. The molecule has 1 fully saturated rings. The maximum Gasteiger partial charge on any atom is 0.408 e. The van der Waals surface area contributed by atoms with Crippen molar-refractivity contribution in [1.82, 2.24) is 10.2 Å². The van der Waals surface area contributed by atoms with Crippen LogP contribution < -0.4 is 10.6 Å². The summed E-state index contributed by atoms with van der Waals surface area (Å²) in [6.45, 7) is 8.27. The number of nitrogens with one attached hydrogen (secondary N) is 2. The molecule has 4 unspecified atom stereocenters. The van der Waals surface area contributed by atoms with Gasteiger partial charge in [-0.3, -0.25) is 9.59 Å². The van der Waals surface area contributed by atoms with Crippen LogP contribution in [0.4, 0.5) is 10.5 Å². The molecule has 3 amide bonds. The van der Waals surface area contributed by atoms with E-state index in [1.807, 2.05) is 26.0 Å². The number of aliphatic hydroxyl groups is 1. The Balaban J connectivity index is 1.98. The summed E-state index contributed by atoms with van der Waals surface area (Å²) in [5.41, 5.74) is 1.06. The topological polar surface area (TPSA) is 108 Å². The molecule has 2 aromatic carbocycles. The van der Waals surface area contributed by atoms with E-state index in [0.29, 0.717) is 22.7 Å². The number of alkyl carbamates (subject to hydrolysis) is 1. The third-order valence-corrected chi connectivity index (χ3v) is 6.28. The van der Waals surface area contributed by atoms with Crippen LogP contribution in [0.15, 0.2) is 48.5 Å². The molecule has 0 bridgehead atoms. The number of halogens is 1. The van der Waals surface area contributed by atoms with E-state index in [0.717, 1.165) is 5.56 Å². The van der Waals surface area contributed by atoms with Gasteiger partial charge in [-0.2, -0.15) is 0 Å². The maximum absolute atomic E-state index is 13.8. The molecule has 9 heteroatoms. The monoisotopic (exact) mass is 515 g/mol. The molecule has 1 aliphatic carbocycles. The lowest BCUT2D eigenvalue weighted by atomic mass is 10.0. The Morgan fingerprint density at radius 1 is 1.14 bits per heavy atom. The Bertz CT molecular complexity index is 1080. The predicted molar refractivity (Wildman–Crippen MR) is 139 cm³/mol. The Morgan fingerprint density at radius 2 is 1.78 bits per heavy atom. The van der Waals surface area contributed by atoms with Crippen molar-refractivity contribution < 1.29 is 24.2 Å². The van der Waals surface area contributed by atoms with E-state index < -0.39 is 42.2 Å². The second kappa shape index (κ2) is 11.3. The number of aliphatic hydroxyl groups excluding tert-OH is 1. The van der Waals surface area contributed by atoms with Gasteiger partial charge in [0.2, 0.25) is 5.91 Å². The first-order chi connectivity index (χ1) is 16.9. The quantitative estimate of drug-likeness (QED) is 0.481. The van der Waals surface area contributed by atoms with Crippen molar-refractivity contribution in [2.45, 2.75) is 64.8 Å². The van der Waals surface area contributed by atoms with Crippen LogP contribution in [0, 0.1) is 12.8 Å². The first-order valence-corrected chi connectivity index (χ1v) is 12.3. The normalized spacial score (nSPS) is 18.5. The zero-order chi connectivity index (χ0) is 26.6. The van der Waals surface area contributed by atoms with Gasteiger partial charge in [-0.25, -0.2) is 4.79 Å². The molecule has 0 heterocycles. The van der Waals surface area contributed by atoms with Gasteiger partial charge in [-0.05, 0) is 57.2 Å². The molecule has 0 radical (unpaired) electrons. The van der Waals surface area contributed by atoms with Crippen molar-refractivity contribution in [3.63, 3.8) is 0 Å². The van der Waals surface area contributed by atoms with Crippen LogP contribution >= 0.6 is 11.6 Å². The van der Waals surface area contributed by atoms with Crippen molar-refractivity contribution in [2.75, 3.05) is 11.9 Å². The minimum atomic E-state index is -1.28. The molecule has 0 aromatic heterocycles. The highest BCUT2D eigenvalue weighted by molar-refractivity contribution is 6.34. The molecule has 1 aliphatic rings. The lowest BCUT2D eigenvalue weighted by Gasteiger charge is -2.34. The van der Waals surface area contributed by atoms with Crippen LogP contribution in [0.1, 0.15) is 51.3 Å². The van der Waals surface area contributed by atoms with Gasteiger partial charge in [-0.1, -0.05) is 61.0 Å². The molecule has 36 heavy (non-hydrogen) atoms. The highest BCUT2D eigenvalue weighted by atomic mass is 35.5. The summed E-state index contributed by atoms with van der Waals surface area (Å²) in [4.78, 5) is 41.4. The summed E-state index contributed by atoms with van der Waals surface area (Å²) in [6.07, 6.45) is -0.135. The number of amides is 3. The van der Waals surface area contributed by atoms with E-state index in [9.17, 15) is 19.5 Å². The van der Waals surface area contributed by atoms with Crippen LogP contribution in [-0.4, -0.2) is 52.2 Å². The summed E-state index contributed by atoms with van der Waals surface area (Å²) < 4.78 is 5.27. The summed E-state index contributed by atoms with van der Waals surface area (Å²) in [5, 5.41) is 15.8. The third kappa shape index (κ3) is 6.77. The first kappa shape index (κ1) is 27.5. The van der Waals surface area contributed by atoms with Gasteiger partial charge in [-0.15, -0.1) is 0 Å². The van der Waals surface area contributed by atoms with Gasteiger partial charge in [0.15, 0.2) is 0 Å². The fourth-order valence-corrected chi connectivity index (χ4v) is 4.31. The second-order valence-corrected chi connectivity index (χ2v) is 10.5. The first-order valence-electron chi connectivity index (χ1n) is 12.0. The lowest BCUT2D eigenvalue weighted by molar-refractivity contribution is -0.142. The van der Waals surface area contributed by atoms with E-state index in [-0.39, 0.29) is 12.0 Å². The number of aryl methyl sites for hydroxylation is 1. The zero-order valence-corrected chi connectivity index (χ0v) is 22.0. The SMILES string of the molecule is Cc1cccc(Cl)c1NC(=O)C(c1ccccc1)N(C(=O)C(CO)NC(=O)OC(C)(C)C)C1CC1C. The number of hydrogen-bond acceptors (Lipinski definition) is 5. The largest absolute Gasteiger partial charge is 0.444 e. The number of ether oxygens (including phenoxy) is 1. The Hall–Kier alpha value is -3.10. The minimum Gasteiger partial charge on any atom is -0.444 e. The maximum atomic E-state index is 13.8. The van der Waals surface area contributed by atoms with Gasteiger partial charge in [0.25, 0.3) is 5.91 Å². The highest BCUT2D eigenvalue weighted by Crippen LogP contribution is 2.41. The van der Waals surface area contributed by atoms with Gasteiger partial charge < -0.3 is 25.4 Å². The van der Waals surface area contributed by atoms with Gasteiger partial charge in [0.05, 0.1) is 17.3 Å². The number of carbonyl (C=O) groups excluding carboxylic acids is 3. The summed E-state index contributed by atoms with van der Waals surface area (Å²) in [7, 11) is 0. The average molecular weight is 516 g/mol. The highest BCUT2D eigenvalue weighted by Gasteiger charge is 2.48. The number of nitrogens with zero attached hydrogens (tertiary/aromatic N) is 1. The molecule has 1 saturated carbocycles. The number of carbonyl (C=O) groups is 3. The molecular formula is C27H34ClN3O5. The molecule has 194 valence electrons. The van der Waals surface area contributed by atoms with E-state index in [2.05, 4.69) is 10.6 Å². The molecule has 3 rings (SSSR count). The fraction of sp³-hybridized carbons (Fsp3) is 0.444. The molecule has 0 aliphatic heterocycles. The van der Waals surface area contributed by atoms with Crippen LogP contribution in [0.25, 0.3) is 0 Å². The Morgan fingerprint density at radius 3 is 2.31 bits per heavy atom. The van der Waals surface area contributed by atoms with Crippen molar-refractivity contribution in [3.8, 4) is 0 Å². The van der Waals surface area contributed by atoms with Crippen molar-refractivity contribution in [1.29, 1.82) is 0 Å². The van der Waals surface area contributed by atoms with E-state index in [4.69, 9.17) is 16.3 Å². The molecule has 4 atom stereocenters. The second-order valence-electron chi connectivity index (χ2n) is 10.1. The van der Waals surface area contributed by atoms with Crippen LogP contribution in [0.2, 0.25) is 5.02 Å². The van der Waals surface area contributed by atoms with Crippen LogP contribution in [0.3, 0.4) is 0 Å². The Kier molecular flexibility index (Phi) is 8.63. The summed E-state index contributed by atoms with van der Waals surface area (Å²) in [5.74, 6) is -0.868. The summed E-state index contributed by atoms with van der Waals surface area (Å²) in [6, 6.07) is 11.7. The van der Waals surface area contributed by atoms with Crippen molar-refractivity contribution in [3.05, 3.63) is 64.7 Å². The molecular weight excluding hydrogens is 482 g/mol. The van der Waals surface area contributed by atoms with Gasteiger partial charge in [0, 0.05) is 6.04 Å². The molecule has 2 aromatic rings. The van der Waals surface area contributed by atoms with Crippen molar-refractivity contribution in [2.24, 2.45) is 5.92 Å². The number of anilines is 1. The Labute approximate surface area is 217 Å². The smallest absolute Gasteiger partial charge is 0.408 e. The third-order valence-electron chi connectivity index (χ3n) is 5.96. The average Bonchev–Trinajstić information content (AvgIpc) is 3.52. The van der Waals surface area contributed by atoms with Crippen molar-refractivity contribution >= 4 is 35.2 Å². The summed E-state index contributed by atoms with van der Waals surface area (Å²) >= 11 is 6.36. The molecule has 3 N–H and O–H groups in total. The molecule has 0 spiro atoms. The van der Waals surface area contributed by atoms with E-state index in [1.165, 1.54) is 4.90 Å². The number of benzene rings is 2. The predicted octanol–water partition coefficient (Wildman–Crippen LogP) is 4.45. The molecule has 0 saturated heterocycles. The van der Waals surface area contributed by atoms with Gasteiger partial charge in [0.1, 0.15) is 17.7 Å². The minimum absolute atomic E-state index is 0.149. The van der Waals surface area contributed by atoms with E-state index >= 15 is 0 Å². The van der Waals surface area contributed by atoms with E-state index in [1.54, 1.807) is 57.2 Å². The zero-order valence-electron chi connectivity index (χ0n) is 21.2. The lowest BCUT2D eigenvalue weighted by Crippen LogP contribution is -2.54.